The Morgan fingerprint density at radius 2 is 1.49 bits per heavy atom. The van der Waals surface area contributed by atoms with Crippen LogP contribution in [-0.4, -0.2) is 35.7 Å². The van der Waals surface area contributed by atoms with Crippen LogP contribution >= 0.6 is 0 Å². The minimum atomic E-state index is -1.47. The number of amides is 4. The van der Waals surface area contributed by atoms with Crippen molar-refractivity contribution in [3.63, 3.8) is 0 Å². The summed E-state index contributed by atoms with van der Waals surface area (Å²) in [6, 6.07) is 24.3. The molecule has 4 amide bonds. The number of cyclic esters (lactones) is 1. The number of rotatable bonds is 4. The van der Waals surface area contributed by atoms with E-state index < -0.39 is 41.1 Å². The topological polar surface area (TPSA) is 93.2 Å². The van der Waals surface area contributed by atoms with Gasteiger partial charge in [-0.1, -0.05) is 66.7 Å². The molecule has 0 aliphatic carbocycles. The van der Waals surface area contributed by atoms with E-state index in [0.717, 1.165) is 9.80 Å². The average molecular weight is 499 g/mol. The SMILES string of the molecule is CC(C)(C)OC(=O)N1C(=O)[C@@](C[C@@H]2OC(=O)N(c3ccccc3)C2=O)(c2ccccc2)c2ccccc21. The predicted octanol–water partition coefficient (Wildman–Crippen LogP) is 5.20. The molecule has 0 N–H and O–H groups in total. The molecule has 2 atom stereocenters. The van der Waals surface area contributed by atoms with Gasteiger partial charge in [0.1, 0.15) is 11.0 Å². The van der Waals surface area contributed by atoms with Gasteiger partial charge >= 0.3 is 12.2 Å². The van der Waals surface area contributed by atoms with Gasteiger partial charge in [-0.2, -0.15) is 0 Å². The molecule has 188 valence electrons. The van der Waals surface area contributed by atoms with Crippen molar-refractivity contribution < 1.29 is 28.7 Å². The number of benzene rings is 3. The van der Waals surface area contributed by atoms with Crippen molar-refractivity contribution in [1.82, 2.24) is 0 Å². The molecule has 37 heavy (non-hydrogen) atoms. The van der Waals surface area contributed by atoms with Crippen LogP contribution in [0.25, 0.3) is 0 Å². The van der Waals surface area contributed by atoms with Crippen molar-refractivity contribution in [2.75, 3.05) is 9.80 Å². The summed E-state index contributed by atoms with van der Waals surface area (Å²) >= 11 is 0. The summed E-state index contributed by atoms with van der Waals surface area (Å²) in [6.07, 6.45) is -3.06. The molecule has 0 bridgehead atoms. The molecule has 3 aromatic rings. The highest BCUT2D eigenvalue weighted by Gasteiger charge is 2.58. The number of ether oxygens (including phenoxy) is 2. The molecule has 5 rings (SSSR count). The number of carbonyl (C=O) groups excluding carboxylic acids is 4. The Bertz CT molecular complexity index is 1380. The van der Waals surface area contributed by atoms with E-state index in [2.05, 4.69) is 0 Å². The summed E-state index contributed by atoms with van der Waals surface area (Å²) in [5.41, 5.74) is -0.469. The minimum Gasteiger partial charge on any atom is -0.443 e. The van der Waals surface area contributed by atoms with Crippen molar-refractivity contribution in [2.45, 2.75) is 44.3 Å². The Hall–Kier alpha value is -4.46. The molecule has 1 fully saturated rings. The zero-order valence-electron chi connectivity index (χ0n) is 20.7. The third-order valence-corrected chi connectivity index (χ3v) is 6.44. The van der Waals surface area contributed by atoms with E-state index >= 15 is 0 Å². The summed E-state index contributed by atoms with van der Waals surface area (Å²) in [7, 11) is 0. The third-order valence-electron chi connectivity index (χ3n) is 6.44. The quantitative estimate of drug-likeness (QED) is 0.491. The van der Waals surface area contributed by atoms with E-state index in [1.165, 1.54) is 0 Å². The fraction of sp³-hybridized carbons (Fsp3) is 0.241. The monoisotopic (exact) mass is 498 g/mol. The fourth-order valence-corrected chi connectivity index (χ4v) is 4.93. The first-order valence-electron chi connectivity index (χ1n) is 12.0. The normalized spacial score (nSPS) is 21.2. The van der Waals surface area contributed by atoms with Gasteiger partial charge in [0.2, 0.25) is 0 Å². The Labute approximate surface area is 214 Å². The van der Waals surface area contributed by atoms with Crippen LogP contribution in [0.2, 0.25) is 0 Å². The van der Waals surface area contributed by atoms with Gasteiger partial charge in [0.25, 0.3) is 11.8 Å². The number of fused-ring (bicyclic) bond motifs is 1. The molecule has 0 aromatic heterocycles. The van der Waals surface area contributed by atoms with Gasteiger partial charge in [0, 0.05) is 6.42 Å². The second-order valence-electron chi connectivity index (χ2n) is 10.00. The van der Waals surface area contributed by atoms with E-state index in [1.54, 1.807) is 99.6 Å². The molecule has 8 nitrogen and oxygen atoms in total. The van der Waals surface area contributed by atoms with E-state index in [1.807, 2.05) is 6.07 Å². The number of nitrogens with zero attached hydrogens (tertiary/aromatic N) is 2. The van der Waals surface area contributed by atoms with Gasteiger partial charge < -0.3 is 9.47 Å². The first kappa shape index (κ1) is 24.2. The molecular formula is C29H26N2O6. The molecule has 8 heteroatoms. The Balaban J connectivity index is 1.61. The van der Waals surface area contributed by atoms with E-state index in [4.69, 9.17) is 9.47 Å². The molecule has 0 radical (unpaired) electrons. The lowest BCUT2D eigenvalue weighted by atomic mass is 9.71. The van der Waals surface area contributed by atoms with Crippen LogP contribution in [0.15, 0.2) is 84.9 Å². The smallest absolute Gasteiger partial charge is 0.422 e. The second kappa shape index (κ2) is 8.89. The van der Waals surface area contributed by atoms with Crippen molar-refractivity contribution in [3.05, 3.63) is 96.1 Å². The van der Waals surface area contributed by atoms with Crippen molar-refractivity contribution >= 4 is 35.4 Å². The van der Waals surface area contributed by atoms with Gasteiger partial charge in [-0.05, 0) is 50.1 Å². The summed E-state index contributed by atoms with van der Waals surface area (Å²) in [4.78, 5) is 55.8. The van der Waals surface area contributed by atoms with Gasteiger partial charge in [0.15, 0.2) is 6.10 Å². The number of anilines is 2. The Morgan fingerprint density at radius 3 is 2.14 bits per heavy atom. The number of hydrogen-bond donors (Lipinski definition) is 0. The van der Waals surface area contributed by atoms with Crippen molar-refractivity contribution in [2.24, 2.45) is 0 Å². The van der Waals surface area contributed by atoms with Crippen LogP contribution in [-0.2, 0) is 24.5 Å². The first-order valence-corrected chi connectivity index (χ1v) is 12.0. The molecule has 0 unspecified atom stereocenters. The van der Waals surface area contributed by atoms with Crippen LogP contribution in [0.3, 0.4) is 0 Å². The molecule has 0 spiro atoms. The molecule has 2 heterocycles. The zero-order valence-corrected chi connectivity index (χ0v) is 20.7. The molecule has 3 aromatic carbocycles. The maximum absolute atomic E-state index is 14.3. The number of imide groups is 2. The molecule has 1 saturated heterocycles. The lowest BCUT2D eigenvalue weighted by molar-refractivity contribution is -0.125. The van der Waals surface area contributed by atoms with Gasteiger partial charge in [0.05, 0.1) is 11.4 Å². The highest BCUT2D eigenvalue weighted by molar-refractivity contribution is 6.23. The molecule has 0 saturated carbocycles. The Morgan fingerprint density at radius 1 is 0.892 bits per heavy atom. The van der Waals surface area contributed by atoms with Crippen LogP contribution in [0.1, 0.15) is 38.3 Å². The predicted molar refractivity (Wildman–Crippen MR) is 136 cm³/mol. The number of hydrogen-bond acceptors (Lipinski definition) is 6. The largest absolute Gasteiger partial charge is 0.443 e. The maximum Gasteiger partial charge on any atom is 0.422 e. The summed E-state index contributed by atoms with van der Waals surface area (Å²) in [5.74, 6) is -1.15. The summed E-state index contributed by atoms with van der Waals surface area (Å²) in [6.45, 7) is 5.16. The Kier molecular flexibility index (Phi) is 5.82. The highest BCUT2D eigenvalue weighted by atomic mass is 16.6. The van der Waals surface area contributed by atoms with Crippen molar-refractivity contribution in [3.8, 4) is 0 Å². The average Bonchev–Trinajstić information content (AvgIpc) is 3.29. The maximum atomic E-state index is 14.3. The lowest BCUT2D eigenvalue weighted by Crippen LogP contribution is -2.48. The third kappa shape index (κ3) is 4.04. The summed E-state index contributed by atoms with van der Waals surface area (Å²) in [5, 5.41) is 0. The van der Waals surface area contributed by atoms with Crippen LogP contribution in [0, 0.1) is 0 Å². The standard InChI is InChI=1S/C29H26N2O6/c1-28(2,3)37-27(35)31-22-17-11-10-16-21(22)29(25(31)33,19-12-6-4-7-13-19)18-23-24(32)30(26(34)36-23)20-14-8-5-9-15-20/h4-17,23H,18H2,1-3H3/t23-,29-/m0/s1. The van der Waals surface area contributed by atoms with Crippen LogP contribution in [0.5, 0.6) is 0 Å². The first-order chi connectivity index (χ1) is 17.6. The van der Waals surface area contributed by atoms with Crippen LogP contribution in [0.4, 0.5) is 21.0 Å². The second-order valence-corrected chi connectivity index (χ2v) is 10.00. The highest BCUT2D eigenvalue weighted by Crippen LogP contribution is 2.50. The molecule has 2 aliphatic rings. The molecular weight excluding hydrogens is 472 g/mol. The van der Waals surface area contributed by atoms with E-state index in [-0.39, 0.29) is 6.42 Å². The number of carbonyl (C=O) groups is 4. The van der Waals surface area contributed by atoms with Gasteiger partial charge in [-0.3, -0.25) is 9.59 Å². The van der Waals surface area contributed by atoms with Gasteiger partial charge in [-0.15, -0.1) is 0 Å². The number of para-hydroxylation sites is 2. The van der Waals surface area contributed by atoms with Crippen molar-refractivity contribution in [1.29, 1.82) is 0 Å². The fourth-order valence-electron chi connectivity index (χ4n) is 4.93. The van der Waals surface area contributed by atoms with Crippen LogP contribution < -0.4 is 9.80 Å². The molecule has 2 aliphatic heterocycles. The zero-order chi connectivity index (χ0) is 26.4. The van der Waals surface area contributed by atoms with E-state index in [9.17, 15) is 19.2 Å². The minimum absolute atomic E-state index is 0.180. The summed E-state index contributed by atoms with van der Waals surface area (Å²) < 4.78 is 11.1. The van der Waals surface area contributed by atoms with Gasteiger partial charge in [-0.25, -0.2) is 19.4 Å². The lowest BCUT2D eigenvalue weighted by Gasteiger charge is -2.31. The van der Waals surface area contributed by atoms with E-state index in [0.29, 0.717) is 22.5 Å².